The van der Waals surface area contributed by atoms with Gasteiger partial charge in [-0.1, -0.05) is 41.9 Å². The van der Waals surface area contributed by atoms with Crippen molar-refractivity contribution in [2.75, 3.05) is 0 Å². The van der Waals surface area contributed by atoms with Gasteiger partial charge >= 0.3 is 12.1 Å². The Balaban J connectivity index is 1.42. The number of ether oxygens (including phenoxy) is 1. The molecule has 5 rings (SSSR count). The maximum Gasteiger partial charge on any atom is 0.416 e. The molecule has 2 heterocycles. The number of hydrogen-bond acceptors (Lipinski definition) is 4. The number of alkyl halides is 3. The number of aliphatic carboxylic acids is 1. The average molecular weight is 571 g/mol. The van der Waals surface area contributed by atoms with E-state index in [1.165, 1.54) is 23.5 Å². The molecule has 0 aliphatic carbocycles. The summed E-state index contributed by atoms with van der Waals surface area (Å²) in [6.07, 6.45) is -4.56. The largest absolute Gasteiger partial charge is 0.487 e. The van der Waals surface area contributed by atoms with Gasteiger partial charge in [0.25, 0.3) is 0 Å². The molecule has 10 heteroatoms. The number of rotatable bonds is 8. The first-order valence-electron chi connectivity index (χ1n) is 11.9. The van der Waals surface area contributed by atoms with Crippen LogP contribution in [-0.2, 0) is 30.5 Å². The summed E-state index contributed by atoms with van der Waals surface area (Å²) in [5, 5.41) is 13.4. The number of aromatic nitrogens is 2. The molecule has 0 fully saturated rings. The minimum absolute atomic E-state index is 0.115. The van der Waals surface area contributed by atoms with Crippen LogP contribution in [0.1, 0.15) is 28.1 Å². The van der Waals surface area contributed by atoms with E-state index in [4.69, 9.17) is 16.3 Å². The number of carbonyl (C=O) groups is 1. The number of hydrogen-bond donors (Lipinski definition) is 1. The van der Waals surface area contributed by atoms with Crippen molar-refractivity contribution in [3.8, 4) is 16.3 Å². The van der Waals surface area contributed by atoms with Gasteiger partial charge in [0.1, 0.15) is 17.4 Å². The molecule has 3 aromatic carbocycles. The second kappa shape index (κ2) is 10.7. The van der Waals surface area contributed by atoms with Gasteiger partial charge in [0.05, 0.1) is 23.2 Å². The molecule has 0 unspecified atom stereocenters. The zero-order valence-electron chi connectivity index (χ0n) is 20.6. The molecule has 0 spiro atoms. The van der Waals surface area contributed by atoms with Crippen LogP contribution in [0.2, 0.25) is 5.02 Å². The van der Waals surface area contributed by atoms with Crippen molar-refractivity contribution in [2.24, 2.45) is 0 Å². The van der Waals surface area contributed by atoms with Crippen LogP contribution in [0.5, 0.6) is 5.75 Å². The molecule has 0 aliphatic heterocycles. The molecule has 0 amide bonds. The summed E-state index contributed by atoms with van der Waals surface area (Å²) in [6, 6.07) is 18.0. The van der Waals surface area contributed by atoms with Crippen molar-refractivity contribution >= 4 is 39.8 Å². The normalized spacial score (nSPS) is 11.7. The van der Waals surface area contributed by atoms with Gasteiger partial charge in [-0.25, -0.2) is 4.98 Å². The molecular weight excluding hydrogens is 549 g/mol. The second-order valence-corrected chi connectivity index (χ2v) is 10.3. The number of fused-ring (bicyclic) bond motifs is 1. The van der Waals surface area contributed by atoms with Gasteiger partial charge in [-0.3, -0.25) is 4.79 Å². The van der Waals surface area contributed by atoms with Gasteiger partial charge in [0.15, 0.2) is 0 Å². The first-order valence-corrected chi connectivity index (χ1v) is 13.2. The number of thiazole rings is 1. The summed E-state index contributed by atoms with van der Waals surface area (Å²) in [5.41, 5.74) is 3.85. The number of carboxylic acids is 1. The number of halogens is 4. The van der Waals surface area contributed by atoms with Crippen LogP contribution in [0.25, 0.3) is 21.5 Å². The van der Waals surface area contributed by atoms with Crippen molar-refractivity contribution < 1.29 is 27.8 Å². The Bertz CT molecular complexity index is 1640. The van der Waals surface area contributed by atoms with Crippen LogP contribution in [0.15, 0.2) is 72.1 Å². The standard InChI is InChI=1S/C29H22ClF3N2O3S/c1-17-23(13-26(36)37)27-24(35(17)14-18-5-11-21(30)12-6-18)3-2-4-25(27)38-15-22-16-39-28(34-22)19-7-9-20(10-8-19)29(31,32)33/h2-12,16H,13-15H2,1H3,(H,36,37). The highest BCUT2D eigenvalue weighted by atomic mass is 35.5. The van der Waals surface area contributed by atoms with Crippen LogP contribution in [-0.4, -0.2) is 20.6 Å². The molecule has 5 nitrogen and oxygen atoms in total. The van der Waals surface area contributed by atoms with Gasteiger partial charge in [-0.15, -0.1) is 11.3 Å². The third kappa shape index (κ3) is 5.79. The van der Waals surface area contributed by atoms with Crippen LogP contribution in [0, 0.1) is 6.92 Å². The lowest BCUT2D eigenvalue weighted by molar-refractivity contribution is -0.138. The van der Waals surface area contributed by atoms with E-state index in [-0.39, 0.29) is 13.0 Å². The van der Waals surface area contributed by atoms with E-state index >= 15 is 0 Å². The van der Waals surface area contributed by atoms with E-state index in [1.807, 2.05) is 43.3 Å². The number of carboxylic acid groups (broad SMARTS) is 1. The Kier molecular flexibility index (Phi) is 7.38. The summed E-state index contributed by atoms with van der Waals surface area (Å²) in [4.78, 5) is 16.3. The van der Waals surface area contributed by atoms with Crippen molar-refractivity contribution in [3.05, 3.63) is 105 Å². The molecule has 0 saturated carbocycles. The summed E-state index contributed by atoms with van der Waals surface area (Å²) in [7, 11) is 0. The van der Waals surface area contributed by atoms with E-state index in [2.05, 4.69) is 9.55 Å². The number of nitrogens with zero attached hydrogens (tertiary/aromatic N) is 2. The van der Waals surface area contributed by atoms with Crippen LogP contribution < -0.4 is 4.74 Å². The summed E-state index contributed by atoms with van der Waals surface area (Å²) in [6.45, 7) is 2.55. The molecule has 5 aromatic rings. The summed E-state index contributed by atoms with van der Waals surface area (Å²) < 4.78 is 46.8. The van der Waals surface area contributed by atoms with Gasteiger partial charge in [0, 0.05) is 33.6 Å². The average Bonchev–Trinajstić information content (AvgIpc) is 3.47. The van der Waals surface area contributed by atoms with Crippen molar-refractivity contribution in [1.29, 1.82) is 0 Å². The fraction of sp³-hybridized carbons (Fsp3) is 0.172. The molecular formula is C29H22ClF3N2O3S. The molecule has 1 N–H and O–H groups in total. The Morgan fingerprint density at radius 2 is 1.79 bits per heavy atom. The lowest BCUT2D eigenvalue weighted by Gasteiger charge is -2.10. The Hall–Kier alpha value is -3.82. The van der Waals surface area contributed by atoms with E-state index in [1.54, 1.807) is 11.4 Å². The topological polar surface area (TPSA) is 64.3 Å². The third-order valence-electron chi connectivity index (χ3n) is 6.41. The minimum Gasteiger partial charge on any atom is -0.487 e. The molecule has 2 aromatic heterocycles. The monoisotopic (exact) mass is 570 g/mol. The molecule has 0 bridgehead atoms. The van der Waals surface area contributed by atoms with Gasteiger partial charge in [-0.05, 0) is 54.4 Å². The molecule has 200 valence electrons. The van der Waals surface area contributed by atoms with Gasteiger partial charge < -0.3 is 14.4 Å². The van der Waals surface area contributed by atoms with Crippen LogP contribution in [0.4, 0.5) is 13.2 Å². The van der Waals surface area contributed by atoms with Gasteiger partial charge in [-0.2, -0.15) is 13.2 Å². The van der Waals surface area contributed by atoms with Crippen molar-refractivity contribution in [2.45, 2.75) is 32.7 Å². The van der Waals surface area contributed by atoms with Crippen molar-refractivity contribution in [3.63, 3.8) is 0 Å². The van der Waals surface area contributed by atoms with E-state index in [9.17, 15) is 23.1 Å². The Morgan fingerprint density at radius 3 is 2.46 bits per heavy atom. The molecule has 0 radical (unpaired) electrons. The predicted molar refractivity (Wildman–Crippen MR) is 145 cm³/mol. The maximum atomic E-state index is 12.9. The van der Waals surface area contributed by atoms with E-state index in [0.717, 1.165) is 34.3 Å². The fourth-order valence-electron chi connectivity index (χ4n) is 4.50. The van der Waals surface area contributed by atoms with Gasteiger partial charge in [0.2, 0.25) is 0 Å². The third-order valence-corrected chi connectivity index (χ3v) is 7.60. The van der Waals surface area contributed by atoms with E-state index in [0.29, 0.717) is 39.1 Å². The first-order chi connectivity index (χ1) is 18.6. The highest BCUT2D eigenvalue weighted by Crippen LogP contribution is 2.36. The molecule has 39 heavy (non-hydrogen) atoms. The second-order valence-electron chi connectivity index (χ2n) is 9.01. The van der Waals surface area contributed by atoms with E-state index < -0.39 is 17.7 Å². The predicted octanol–water partition coefficient (Wildman–Crippen LogP) is 8.00. The SMILES string of the molecule is Cc1c(CC(=O)O)c2c(OCc3csc(-c4ccc(C(F)(F)F)cc4)n3)cccc2n1Cc1ccc(Cl)cc1. The maximum absolute atomic E-state index is 12.9. The zero-order chi connectivity index (χ0) is 27.7. The quantitative estimate of drug-likeness (QED) is 0.205. The molecule has 0 aliphatic rings. The van der Waals surface area contributed by atoms with Crippen LogP contribution >= 0.6 is 22.9 Å². The first kappa shape index (κ1) is 26.8. The van der Waals surface area contributed by atoms with Crippen molar-refractivity contribution in [1.82, 2.24) is 9.55 Å². The Morgan fingerprint density at radius 1 is 1.08 bits per heavy atom. The highest BCUT2D eigenvalue weighted by Gasteiger charge is 2.30. The molecule has 0 atom stereocenters. The fourth-order valence-corrected chi connectivity index (χ4v) is 5.43. The highest BCUT2D eigenvalue weighted by molar-refractivity contribution is 7.13. The number of benzene rings is 3. The summed E-state index contributed by atoms with van der Waals surface area (Å²) >= 11 is 7.34. The lowest BCUT2D eigenvalue weighted by atomic mass is 10.1. The molecule has 0 saturated heterocycles. The lowest BCUT2D eigenvalue weighted by Crippen LogP contribution is -2.05. The zero-order valence-corrected chi connectivity index (χ0v) is 22.2. The summed E-state index contributed by atoms with van der Waals surface area (Å²) in [5.74, 6) is -0.412. The minimum atomic E-state index is -4.40. The smallest absolute Gasteiger partial charge is 0.416 e. The Labute approximate surface area is 231 Å². The van der Waals surface area contributed by atoms with Crippen LogP contribution in [0.3, 0.4) is 0 Å².